The maximum atomic E-state index is 13.4. The topological polar surface area (TPSA) is 86.3 Å². The van der Waals surface area contributed by atoms with Crippen molar-refractivity contribution in [2.24, 2.45) is 5.92 Å². The van der Waals surface area contributed by atoms with Gasteiger partial charge in [-0.15, -0.1) is 0 Å². The molecule has 164 valence electrons. The highest BCUT2D eigenvalue weighted by atomic mass is 19.1. The molecule has 0 radical (unpaired) electrons. The highest BCUT2D eigenvalue weighted by molar-refractivity contribution is 5.77. The van der Waals surface area contributed by atoms with Crippen LogP contribution in [0.15, 0.2) is 33.8 Å². The van der Waals surface area contributed by atoms with Crippen LogP contribution < -0.4 is 5.56 Å². The number of halogens is 1. The van der Waals surface area contributed by atoms with Crippen LogP contribution in [0.5, 0.6) is 0 Å². The summed E-state index contributed by atoms with van der Waals surface area (Å²) in [5.74, 6) is 1.80. The Kier molecular flexibility index (Phi) is 5.78. The van der Waals surface area contributed by atoms with Crippen LogP contribution in [-0.4, -0.2) is 50.9 Å². The Balaban J connectivity index is 1.16. The molecular weight excluding hydrogens is 401 g/mol. The third-order valence-electron chi connectivity index (χ3n) is 6.37. The van der Waals surface area contributed by atoms with Crippen molar-refractivity contribution >= 4 is 10.9 Å². The zero-order valence-electron chi connectivity index (χ0n) is 17.4. The van der Waals surface area contributed by atoms with Crippen LogP contribution in [0, 0.1) is 11.7 Å². The number of likely N-dealkylation sites (tertiary alicyclic amines) is 1. The summed E-state index contributed by atoms with van der Waals surface area (Å²) < 4.78 is 25.9. The normalized spacial score (nSPS) is 19.3. The van der Waals surface area contributed by atoms with E-state index in [0.29, 0.717) is 35.8 Å². The van der Waals surface area contributed by atoms with Crippen molar-refractivity contribution in [2.75, 3.05) is 26.3 Å². The van der Waals surface area contributed by atoms with E-state index in [2.05, 4.69) is 20.0 Å². The lowest BCUT2D eigenvalue weighted by atomic mass is 9.96. The van der Waals surface area contributed by atoms with Gasteiger partial charge in [-0.1, -0.05) is 5.16 Å². The van der Waals surface area contributed by atoms with Crippen molar-refractivity contribution < 1.29 is 13.7 Å². The monoisotopic (exact) mass is 427 g/mol. The summed E-state index contributed by atoms with van der Waals surface area (Å²) >= 11 is 0. The van der Waals surface area contributed by atoms with Crippen molar-refractivity contribution in [1.82, 2.24) is 24.6 Å². The fourth-order valence-electron chi connectivity index (χ4n) is 4.51. The fourth-order valence-corrected chi connectivity index (χ4v) is 4.51. The molecule has 0 N–H and O–H groups in total. The Hall–Kier alpha value is -2.65. The number of nitrogens with zero attached hydrogens (tertiary/aromatic N) is 5. The van der Waals surface area contributed by atoms with Crippen LogP contribution in [-0.2, 0) is 17.8 Å². The van der Waals surface area contributed by atoms with Crippen molar-refractivity contribution in [2.45, 2.75) is 44.7 Å². The molecule has 8 nitrogen and oxygen atoms in total. The minimum absolute atomic E-state index is 0.111. The summed E-state index contributed by atoms with van der Waals surface area (Å²) in [6, 6.07) is 4.11. The number of benzene rings is 1. The highest BCUT2D eigenvalue weighted by Crippen LogP contribution is 2.26. The Labute approximate surface area is 179 Å². The standard InChI is InChI=1S/C22H26FN5O3/c23-17-1-2-18-19(11-17)24-14-28(22(18)29)12-15-3-7-27(8-4-15)13-20-25-21(31-26-20)16-5-9-30-10-6-16/h1-2,11,14-16H,3-10,12-13H2. The number of piperidine rings is 1. The van der Waals surface area contributed by atoms with Gasteiger partial charge in [-0.2, -0.15) is 4.98 Å². The van der Waals surface area contributed by atoms with Gasteiger partial charge in [0.15, 0.2) is 5.82 Å². The van der Waals surface area contributed by atoms with Gasteiger partial charge in [0.25, 0.3) is 5.56 Å². The van der Waals surface area contributed by atoms with Crippen molar-refractivity contribution in [3.05, 3.63) is 52.4 Å². The first-order chi connectivity index (χ1) is 15.2. The smallest absolute Gasteiger partial charge is 0.261 e. The van der Waals surface area contributed by atoms with Crippen LogP contribution in [0.2, 0.25) is 0 Å². The molecule has 31 heavy (non-hydrogen) atoms. The maximum absolute atomic E-state index is 13.4. The minimum Gasteiger partial charge on any atom is -0.381 e. The molecular formula is C22H26FN5O3. The average Bonchev–Trinajstić information content (AvgIpc) is 3.26. The highest BCUT2D eigenvalue weighted by Gasteiger charge is 2.24. The number of ether oxygens (including phenoxy) is 1. The minimum atomic E-state index is -0.383. The Morgan fingerprint density at radius 2 is 1.94 bits per heavy atom. The van der Waals surface area contributed by atoms with Crippen LogP contribution >= 0.6 is 0 Å². The molecule has 5 rings (SSSR count). The summed E-state index contributed by atoms with van der Waals surface area (Å²) in [5.41, 5.74) is 0.288. The molecule has 0 bridgehead atoms. The van der Waals surface area contributed by atoms with Gasteiger partial charge in [0.05, 0.1) is 23.8 Å². The SMILES string of the molecule is O=c1c2ccc(F)cc2ncn1CC1CCN(Cc2noc(C3CCOCC3)n2)CC1. The average molecular weight is 427 g/mol. The van der Waals surface area contributed by atoms with Gasteiger partial charge in [-0.05, 0) is 56.8 Å². The summed E-state index contributed by atoms with van der Waals surface area (Å²) in [7, 11) is 0. The van der Waals surface area contributed by atoms with Crippen molar-refractivity contribution in [1.29, 1.82) is 0 Å². The summed E-state index contributed by atoms with van der Waals surface area (Å²) in [6.07, 6.45) is 5.38. The molecule has 2 saturated heterocycles. The van der Waals surface area contributed by atoms with Crippen LogP contribution in [0.25, 0.3) is 10.9 Å². The van der Waals surface area contributed by atoms with Crippen molar-refractivity contribution in [3.8, 4) is 0 Å². The second-order valence-corrected chi connectivity index (χ2v) is 8.52. The zero-order chi connectivity index (χ0) is 21.2. The molecule has 0 saturated carbocycles. The van der Waals surface area contributed by atoms with Gasteiger partial charge in [0.1, 0.15) is 5.82 Å². The van der Waals surface area contributed by atoms with E-state index in [1.807, 2.05) is 0 Å². The predicted molar refractivity (Wildman–Crippen MR) is 111 cm³/mol. The van der Waals surface area contributed by atoms with E-state index >= 15 is 0 Å². The van der Waals surface area contributed by atoms with Gasteiger partial charge in [0, 0.05) is 31.7 Å². The third kappa shape index (κ3) is 4.52. The van der Waals surface area contributed by atoms with E-state index in [1.54, 1.807) is 4.57 Å². The maximum Gasteiger partial charge on any atom is 0.261 e. The molecule has 0 unspecified atom stereocenters. The first-order valence-electron chi connectivity index (χ1n) is 10.9. The second kappa shape index (κ2) is 8.84. The molecule has 3 aromatic rings. The van der Waals surface area contributed by atoms with E-state index in [1.165, 1.54) is 24.5 Å². The fraction of sp³-hybridized carbons (Fsp3) is 0.545. The number of rotatable bonds is 5. The van der Waals surface area contributed by atoms with Crippen LogP contribution in [0.4, 0.5) is 4.39 Å². The molecule has 0 atom stereocenters. The second-order valence-electron chi connectivity index (χ2n) is 8.52. The van der Waals surface area contributed by atoms with Gasteiger partial charge >= 0.3 is 0 Å². The molecule has 0 amide bonds. The number of aromatic nitrogens is 4. The first-order valence-corrected chi connectivity index (χ1v) is 10.9. The Bertz CT molecular complexity index is 1100. The summed E-state index contributed by atoms with van der Waals surface area (Å²) in [6.45, 7) is 4.66. The largest absolute Gasteiger partial charge is 0.381 e. The molecule has 1 aromatic carbocycles. The van der Waals surface area contributed by atoms with E-state index in [0.717, 1.165) is 63.7 Å². The third-order valence-corrected chi connectivity index (χ3v) is 6.37. The first kappa shape index (κ1) is 20.3. The van der Waals surface area contributed by atoms with E-state index < -0.39 is 0 Å². The van der Waals surface area contributed by atoms with Crippen LogP contribution in [0.1, 0.15) is 43.3 Å². The zero-order valence-corrected chi connectivity index (χ0v) is 17.4. The molecule has 2 aliphatic heterocycles. The Morgan fingerprint density at radius 1 is 1.13 bits per heavy atom. The molecule has 2 fully saturated rings. The van der Waals surface area contributed by atoms with E-state index in [9.17, 15) is 9.18 Å². The molecule has 4 heterocycles. The van der Waals surface area contributed by atoms with Crippen molar-refractivity contribution in [3.63, 3.8) is 0 Å². The number of hydrogen-bond donors (Lipinski definition) is 0. The van der Waals surface area contributed by atoms with Gasteiger partial charge in [0.2, 0.25) is 5.89 Å². The molecule has 0 spiro atoms. The van der Waals surface area contributed by atoms with Crippen LogP contribution in [0.3, 0.4) is 0 Å². The lowest BCUT2D eigenvalue weighted by molar-refractivity contribution is 0.0778. The quantitative estimate of drug-likeness (QED) is 0.619. The number of hydrogen-bond acceptors (Lipinski definition) is 7. The molecule has 2 aliphatic rings. The number of fused-ring (bicyclic) bond motifs is 1. The van der Waals surface area contributed by atoms with Gasteiger partial charge in [-0.25, -0.2) is 9.37 Å². The van der Waals surface area contributed by atoms with E-state index in [-0.39, 0.29) is 11.4 Å². The molecule has 9 heteroatoms. The summed E-state index contributed by atoms with van der Waals surface area (Å²) in [5, 5.41) is 4.63. The van der Waals surface area contributed by atoms with Gasteiger partial charge in [-0.3, -0.25) is 14.3 Å². The lowest BCUT2D eigenvalue weighted by Crippen LogP contribution is -2.36. The van der Waals surface area contributed by atoms with Gasteiger partial charge < -0.3 is 9.26 Å². The molecule has 0 aliphatic carbocycles. The molecule has 2 aromatic heterocycles. The van der Waals surface area contributed by atoms with E-state index in [4.69, 9.17) is 9.26 Å². The Morgan fingerprint density at radius 3 is 2.74 bits per heavy atom. The lowest BCUT2D eigenvalue weighted by Gasteiger charge is -2.31. The predicted octanol–water partition coefficient (Wildman–Crippen LogP) is 2.72. The summed E-state index contributed by atoms with van der Waals surface area (Å²) in [4.78, 5) is 23.9.